The van der Waals surface area contributed by atoms with Crippen LogP contribution >= 0.6 is 11.6 Å². The minimum absolute atomic E-state index is 0.236. The van der Waals surface area contributed by atoms with Crippen molar-refractivity contribution < 1.29 is 14.0 Å². The number of hydrogen-bond donors (Lipinski definition) is 0. The van der Waals surface area contributed by atoms with Gasteiger partial charge in [-0.3, -0.25) is 0 Å². The molecule has 0 bridgehead atoms. The average molecular weight is 325 g/mol. The van der Waals surface area contributed by atoms with Crippen LogP contribution in [0.3, 0.4) is 0 Å². The molecule has 6 heteroatoms. The highest BCUT2D eigenvalue weighted by Gasteiger charge is 2.12. The molecule has 5 nitrogen and oxygen atoms in total. The molecule has 0 amide bonds. The number of benzene rings is 1. The lowest BCUT2D eigenvalue weighted by atomic mass is 10.0. The Morgan fingerprint density at radius 1 is 1.32 bits per heavy atom. The van der Waals surface area contributed by atoms with Crippen LogP contribution in [-0.2, 0) is 17.8 Å². The highest BCUT2D eigenvalue weighted by Crippen LogP contribution is 2.31. The van der Waals surface area contributed by atoms with E-state index in [1.54, 1.807) is 7.11 Å². The highest BCUT2D eigenvalue weighted by molar-refractivity contribution is 6.31. The first-order valence-electron chi connectivity index (χ1n) is 7.24. The molecule has 0 radical (unpaired) electrons. The number of aromatic nitrogens is 2. The van der Waals surface area contributed by atoms with Crippen molar-refractivity contribution in [3.63, 3.8) is 0 Å². The summed E-state index contributed by atoms with van der Waals surface area (Å²) in [6.45, 7) is 6.96. The first-order chi connectivity index (χ1) is 10.5. The monoisotopic (exact) mass is 324 g/mol. The van der Waals surface area contributed by atoms with Crippen LogP contribution in [0.4, 0.5) is 0 Å². The third kappa shape index (κ3) is 4.21. The van der Waals surface area contributed by atoms with Crippen LogP contribution < -0.4 is 4.74 Å². The molecule has 1 aromatic carbocycles. The van der Waals surface area contributed by atoms with Crippen molar-refractivity contribution in [3.8, 4) is 5.75 Å². The third-order valence-corrected chi connectivity index (χ3v) is 3.63. The molecule has 1 aromatic heterocycles. The van der Waals surface area contributed by atoms with Crippen molar-refractivity contribution in [3.05, 3.63) is 40.0 Å². The first-order valence-corrected chi connectivity index (χ1v) is 7.62. The quantitative estimate of drug-likeness (QED) is 0.772. The smallest absolute Gasteiger partial charge is 0.264 e. The fourth-order valence-corrected chi connectivity index (χ4v) is 2.49. The third-order valence-electron chi connectivity index (χ3n) is 3.31. The number of ether oxygens (including phenoxy) is 2. The van der Waals surface area contributed by atoms with Crippen molar-refractivity contribution >= 4 is 11.6 Å². The molecule has 0 aliphatic rings. The summed E-state index contributed by atoms with van der Waals surface area (Å²) in [6.07, 6.45) is 0.622. The Morgan fingerprint density at radius 2 is 2.09 bits per heavy atom. The van der Waals surface area contributed by atoms with Crippen LogP contribution in [0.1, 0.15) is 42.6 Å². The summed E-state index contributed by atoms with van der Waals surface area (Å²) < 4.78 is 15.9. The number of rotatable bonds is 7. The zero-order valence-corrected chi connectivity index (χ0v) is 14.1. The highest BCUT2D eigenvalue weighted by atomic mass is 35.5. The number of nitrogens with zero attached hydrogens (tertiary/aromatic N) is 2. The Morgan fingerprint density at radius 3 is 2.77 bits per heavy atom. The van der Waals surface area contributed by atoms with Crippen molar-refractivity contribution in [2.75, 3.05) is 13.7 Å². The Hall–Kier alpha value is -1.59. The number of hydrogen-bond acceptors (Lipinski definition) is 5. The number of methoxy groups -OCH3 is 1. The van der Waals surface area contributed by atoms with E-state index in [1.165, 1.54) is 0 Å². The number of aryl methyl sites for hydroxylation is 1. The molecule has 2 aromatic rings. The predicted molar refractivity (Wildman–Crippen MR) is 84.5 cm³/mol. The second-order valence-corrected chi connectivity index (χ2v) is 5.84. The minimum atomic E-state index is 0.236. The van der Waals surface area contributed by atoms with Gasteiger partial charge < -0.3 is 14.0 Å². The molecule has 120 valence electrons. The second kappa shape index (κ2) is 7.61. The first kappa shape index (κ1) is 16.8. The van der Waals surface area contributed by atoms with Gasteiger partial charge in [-0.2, -0.15) is 4.98 Å². The van der Waals surface area contributed by atoms with Crippen molar-refractivity contribution in [1.82, 2.24) is 10.1 Å². The Balaban J connectivity index is 2.05. The van der Waals surface area contributed by atoms with Crippen molar-refractivity contribution in [2.24, 2.45) is 0 Å². The van der Waals surface area contributed by atoms with Gasteiger partial charge in [0.1, 0.15) is 5.75 Å². The molecular formula is C16H21ClN2O3. The molecule has 0 aliphatic carbocycles. The molecule has 2 rings (SSSR count). The lowest BCUT2D eigenvalue weighted by Crippen LogP contribution is -2.01. The van der Waals surface area contributed by atoms with Gasteiger partial charge in [-0.05, 0) is 36.1 Å². The van der Waals surface area contributed by atoms with Gasteiger partial charge in [-0.15, -0.1) is 0 Å². The lowest BCUT2D eigenvalue weighted by molar-refractivity contribution is 0.199. The van der Waals surface area contributed by atoms with Gasteiger partial charge in [0.25, 0.3) is 5.89 Å². The molecule has 1 heterocycles. The molecule has 0 saturated heterocycles. The summed E-state index contributed by atoms with van der Waals surface area (Å²) in [5, 5.41) is 4.64. The summed E-state index contributed by atoms with van der Waals surface area (Å²) in [5.74, 6) is 2.19. The number of halogens is 1. The summed E-state index contributed by atoms with van der Waals surface area (Å²) in [5.41, 5.74) is 2.04. The van der Waals surface area contributed by atoms with E-state index in [9.17, 15) is 0 Å². The maximum absolute atomic E-state index is 6.26. The predicted octanol–water partition coefficient (Wildman–Crippen LogP) is 3.92. The zero-order valence-electron chi connectivity index (χ0n) is 13.4. The van der Waals surface area contributed by atoms with Crippen LogP contribution in [0.15, 0.2) is 16.7 Å². The fraction of sp³-hybridized carbons (Fsp3) is 0.500. The molecule has 0 spiro atoms. The van der Waals surface area contributed by atoms with Gasteiger partial charge in [-0.1, -0.05) is 30.6 Å². The van der Waals surface area contributed by atoms with Crippen LogP contribution in [0.2, 0.25) is 5.02 Å². The van der Waals surface area contributed by atoms with Gasteiger partial charge in [0.2, 0.25) is 0 Å². The molecule has 22 heavy (non-hydrogen) atoms. The normalized spacial score (nSPS) is 11.2. The lowest BCUT2D eigenvalue weighted by Gasteiger charge is -2.13. The Kier molecular flexibility index (Phi) is 5.80. The summed E-state index contributed by atoms with van der Waals surface area (Å²) in [7, 11) is 1.64. The van der Waals surface area contributed by atoms with E-state index in [4.69, 9.17) is 25.6 Å². The largest absolute Gasteiger partial charge is 0.483 e. The van der Waals surface area contributed by atoms with E-state index in [0.717, 1.165) is 21.9 Å². The van der Waals surface area contributed by atoms with Gasteiger partial charge in [0, 0.05) is 18.6 Å². The van der Waals surface area contributed by atoms with Crippen LogP contribution in [0.5, 0.6) is 5.75 Å². The van der Waals surface area contributed by atoms with Crippen LogP contribution in [0.25, 0.3) is 0 Å². The maximum atomic E-state index is 6.26. The summed E-state index contributed by atoms with van der Waals surface area (Å²) in [6, 6.07) is 3.90. The molecule has 0 atom stereocenters. The average Bonchev–Trinajstić information content (AvgIpc) is 2.91. The fourth-order valence-electron chi connectivity index (χ4n) is 2.05. The van der Waals surface area contributed by atoms with E-state index in [0.29, 0.717) is 30.7 Å². The molecule has 0 aliphatic heterocycles. The molecule has 0 unspecified atom stereocenters. The Bertz CT molecular complexity index is 626. The minimum Gasteiger partial charge on any atom is -0.483 e. The Labute approximate surface area is 135 Å². The summed E-state index contributed by atoms with van der Waals surface area (Å²) >= 11 is 6.26. The van der Waals surface area contributed by atoms with E-state index in [1.807, 2.05) is 19.1 Å². The maximum Gasteiger partial charge on any atom is 0.264 e. The second-order valence-electron chi connectivity index (χ2n) is 5.43. The van der Waals surface area contributed by atoms with Crippen molar-refractivity contribution in [2.45, 2.75) is 39.7 Å². The molecular weight excluding hydrogens is 304 g/mol. The molecule has 0 saturated carbocycles. The van der Waals surface area contributed by atoms with E-state index in [2.05, 4.69) is 24.0 Å². The summed E-state index contributed by atoms with van der Waals surface area (Å²) in [4.78, 5) is 4.26. The van der Waals surface area contributed by atoms with Gasteiger partial charge >= 0.3 is 0 Å². The molecule has 0 fully saturated rings. The van der Waals surface area contributed by atoms with Crippen molar-refractivity contribution in [1.29, 1.82) is 0 Å². The standard InChI is InChI=1S/C16H21ClN2O3/c1-10(2)12-8-14(11(3)7-13(12)17)21-9-16-18-15(19-22-16)5-6-20-4/h7-8,10H,5-6,9H2,1-4H3. The molecule has 0 N–H and O–H groups in total. The van der Waals surface area contributed by atoms with Gasteiger partial charge in [-0.25, -0.2) is 0 Å². The van der Waals surface area contributed by atoms with Crippen LogP contribution in [0, 0.1) is 6.92 Å². The SMILES string of the molecule is COCCc1noc(COc2cc(C(C)C)c(Cl)cc2C)n1. The van der Waals surface area contributed by atoms with E-state index in [-0.39, 0.29) is 6.61 Å². The van der Waals surface area contributed by atoms with Crippen LogP contribution in [-0.4, -0.2) is 23.9 Å². The topological polar surface area (TPSA) is 57.4 Å². The van der Waals surface area contributed by atoms with E-state index < -0.39 is 0 Å². The van der Waals surface area contributed by atoms with E-state index >= 15 is 0 Å². The zero-order chi connectivity index (χ0) is 16.1. The van der Waals surface area contributed by atoms with Gasteiger partial charge in [0.05, 0.1) is 6.61 Å². The van der Waals surface area contributed by atoms with Gasteiger partial charge in [0.15, 0.2) is 12.4 Å².